The van der Waals surface area contributed by atoms with Crippen LogP contribution in [0.5, 0.6) is 11.5 Å². The predicted octanol–water partition coefficient (Wildman–Crippen LogP) is 3.87. The second-order valence-corrected chi connectivity index (χ2v) is 7.17. The summed E-state index contributed by atoms with van der Waals surface area (Å²) in [6.45, 7) is 6.58. The minimum absolute atomic E-state index is 0.111. The number of nitrogens with one attached hydrogen (secondary N) is 2. The maximum absolute atomic E-state index is 5.85. The van der Waals surface area contributed by atoms with Crippen LogP contribution in [0.3, 0.4) is 0 Å². The molecule has 138 valence electrons. The zero-order valence-corrected chi connectivity index (χ0v) is 16.4. The minimum atomic E-state index is -0.111. The third-order valence-electron chi connectivity index (χ3n) is 3.29. The Morgan fingerprint density at radius 3 is 2.50 bits per heavy atom. The van der Waals surface area contributed by atoms with Gasteiger partial charge in [-0.3, -0.25) is 5.43 Å². The molecule has 0 radical (unpaired) electrons. The van der Waals surface area contributed by atoms with E-state index >= 15 is 0 Å². The van der Waals surface area contributed by atoms with Crippen LogP contribution in [0.1, 0.15) is 31.9 Å². The third-order valence-corrected chi connectivity index (χ3v) is 3.49. The van der Waals surface area contributed by atoms with Crippen LogP contribution in [-0.2, 0) is 6.61 Å². The molecule has 0 heterocycles. The Morgan fingerprint density at radius 1 is 1.12 bits per heavy atom. The highest BCUT2D eigenvalue weighted by atomic mass is 32.1. The smallest absolute Gasteiger partial charge is 0.187 e. The van der Waals surface area contributed by atoms with Gasteiger partial charge in [-0.05, 0) is 62.3 Å². The summed E-state index contributed by atoms with van der Waals surface area (Å²) in [5.41, 5.74) is 4.67. The molecule has 0 bridgehead atoms. The number of hydrogen-bond donors (Lipinski definition) is 2. The van der Waals surface area contributed by atoms with Crippen molar-refractivity contribution in [2.24, 2.45) is 5.10 Å². The molecule has 0 aliphatic heterocycles. The maximum atomic E-state index is 5.85. The zero-order chi connectivity index (χ0) is 19.0. The van der Waals surface area contributed by atoms with Gasteiger partial charge >= 0.3 is 0 Å². The number of hydrogen-bond acceptors (Lipinski definition) is 4. The fourth-order valence-corrected chi connectivity index (χ4v) is 2.51. The Labute approximate surface area is 160 Å². The first kappa shape index (κ1) is 19.7. The average Bonchev–Trinajstić information content (AvgIpc) is 2.59. The summed E-state index contributed by atoms with van der Waals surface area (Å²) >= 11 is 5.19. The number of ether oxygens (including phenoxy) is 2. The van der Waals surface area contributed by atoms with E-state index in [1.807, 2.05) is 69.3 Å². The van der Waals surface area contributed by atoms with Crippen molar-refractivity contribution in [1.82, 2.24) is 10.7 Å². The number of rotatable bonds is 6. The minimum Gasteiger partial charge on any atom is -0.493 e. The Kier molecular flexibility index (Phi) is 6.97. The van der Waals surface area contributed by atoms with E-state index in [1.54, 1.807) is 13.3 Å². The van der Waals surface area contributed by atoms with Crippen LogP contribution in [-0.4, -0.2) is 24.0 Å². The first-order valence-corrected chi connectivity index (χ1v) is 8.74. The summed E-state index contributed by atoms with van der Waals surface area (Å²) in [6.07, 6.45) is 1.68. The van der Waals surface area contributed by atoms with Gasteiger partial charge in [-0.1, -0.05) is 30.3 Å². The van der Waals surface area contributed by atoms with Gasteiger partial charge < -0.3 is 14.8 Å². The molecule has 0 amide bonds. The van der Waals surface area contributed by atoms with Crippen molar-refractivity contribution in [2.75, 3.05) is 7.11 Å². The Hall–Kier alpha value is -2.60. The molecule has 5 nitrogen and oxygen atoms in total. The van der Waals surface area contributed by atoms with Crippen molar-refractivity contribution < 1.29 is 9.47 Å². The number of methoxy groups -OCH3 is 1. The molecule has 0 aromatic heterocycles. The van der Waals surface area contributed by atoms with Crippen LogP contribution in [0.15, 0.2) is 53.6 Å². The molecule has 2 aromatic carbocycles. The first-order valence-electron chi connectivity index (χ1n) is 8.33. The van der Waals surface area contributed by atoms with Gasteiger partial charge in [-0.15, -0.1) is 0 Å². The van der Waals surface area contributed by atoms with Crippen molar-refractivity contribution in [3.63, 3.8) is 0 Å². The standard InChI is InChI=1S/C20H25N3O2S/c1-20(2,3)22-19(26)23-21-13-16-10-11-17(18(12-16)24-4)25-14-15-8-6-5-7-9-15/h5-13H,14H2,1-4H3,(H2,22,23,26). The summed E-state index contributed by atoms with van der Waals surface area (Å²) < 4.78 is 11.3. The van der Waals surface area contributed by atoms with Gasteiger partial charge in [0.25, 0.3) is 0 Å². The molecular weight excluding hydrogens is 346 g/mol. The van der Waals surface area contributed by atoms with E-state index in [0.29, 0.717) is 23.2 Å². The number of nitrogens with zero attached hydrogens (tertiary/aromatic N) is 1. The highest BCUT2D eigenvalue weighted by Crippen LogP contribution is 2.28. The van der Waals surface area contributed by atoms with Crippen molar-refractivity contribution in [1.29, 1.82) is 0 Å². The topological polar surface area (TPSA) is 54.9 Å². The molecule has 0 fully saturated rings. The van der Waals surface area contributed by atoms with Crippen LogP contribution in [0.2, 0.25) is 0 Å². The predicted molar refractivity (Wildman–Crippen MR) is 110 cm³/mol. The van der Waals surface area contributed by atoms with Gasteiger partial charge in [-0.2, -0.15) is 5.10 Å². The Balaban J connectivity index is 1.97. The molecule has 0 saturated carbocycles. The second-order valence-electron chi connectivity index (χ2n) is 6.76. The lowest BCUT2D eigenvalue weighted by molar-refractivity contribution is 0.284. The highest BCUT2D eigenvalue weighted by Gasteiger charge is 2.10. The fraction of sp³-hybridized carbons (Fsp3) is 0.300. The molecule has 6 heteroatoms. The quantitative estimate of drug-likeness (QED) is 0.459. The summed E-state index contributed by atoms with van der Waals surface area (Å²) in [7, 11) is 1.62. The lowest BCUT2D eigenvalue weighted by Crippen LogP contribution is -2.44. The van der Waals surface area contributed by atoms with Gasteiger partial charge in [-0.25, -0.2) is 0 Å². The van der Waals surface area contributed by atoms with E-state index in [4.69, 9.17) is 21.7 Å². The van der Waals surface area contributed by atoms with E-state index in [2.05, 4.69) is 15.8 Å². The first-order chi connectivity index (χ1) is 12.4. The highest BCUT2D eigenvalue weighted by molar-refractivity contribution is 7.80. The Bertz CT molecular complexity index is 755. The van der Waals surface area contributed by atoms with E-state index < -0.39 is 0 Å². The van der Waals surface area contributed by atoms with Crippen molar-refractivity contribution in [3.05, 3.63) is 59.7 Å². The second kappa shape index (κ2) is 9.20. The third kappa shape index (κ3) is 6.72. The van der Waals surface area contributed by atoms with E-state index in [9.17, 15) is 0 Å². The molecule has 0 unspecified atom stereocenters. The summed E-state index contributed by atoms with van der Waals surface area (Å²) in [6, 6.07) is 15.6. The van der Waals surface area contributed by atoms with Gasteiger partial charge in [0.1, 0.15) is 6.61 Å². The lowest BCUT2D eigenvalue weighted by atomic mass is 10.1. The molecule has 0 aliphatic carbocycles. The van der Waals surface area contributed by atoms with Gasteiger partial charge in [0, 0.05) is 5.54 Å². The molecule has 2 N–H and O–H groups in total. The van der Waals surface area contributed by atoms with E-state index in [0.717, 1.165) is 11.1 Å². The summed E-state index contributed by atoms with van der Waals surface area (Å²) in [4.78, 5) is 0. The van der Waals surface area contributed by atoms with E-state index in [1.165, 1.54) is 0 Å². The average molecular weight is 372 g/mol. The lowest BCUT2D eigenvalue weighted by Gasteiger charge is -2.21. The van der Waals surface area contributed by atoms with Crippen LogP contribution in [0.25, 0.3) is 0 Å². The Morgan fingerprint density at radius 2 is 1.85 bits per heavy atom. The number of thiocarbonyl (C=S) groups is 1. The van der Waals surface area contributed by atoms with Crippen molar-refractivity contribution in [2.45, 2.75) is 32.9 Å². The SMILES string of the molecule is COc1cc(C=NNC(=S)NC(C)(C)C)ccc1OCc1ccccc1. The number of benzene rings is 2. The molecular formula is C20H25N3O2S. The molecule has 2 rings (SSSR count). The largest absolute Gasteiger partial charge is 0.493 e. The summed E-state index contributed by atoms with van der Waals surface area (Å²) in [5.74, 6) is 1.34. The monoisotopic (exact) mass is 371 g/mol. The fourth-order valence-electron chi connectivity index (χ4n) is 2.15. The molecule has 0 atom stereocenters. The molecule has 0 spiro atoms. The maximum Gasteiger partial charge on any atom is 0.187 e. The molecule has 2 aromatic rings. The molecule has 0 aliphatic rings. The zero-order valence-electron chi connectivity index (χ0n) is 15.6. The van der Waals surface area contributed by atoms with Gasteiger partial charge in [0.05, 0.1) is 13.3 Å². The van der Waals surface area contributed by atoms with Gasteiger partial charge in [0.15, 0.2) is 16.6 Å². The van der Waals surface area contributed by atoms with Crippen molar-refractivity contribution in [3.8, 4) is 11.5 Å². The number of hydrazone groups is 1. The van der Waals surface area contributed by atoms with E-state index in [-0.39, 0.29) is 5.54 Å². The molecule has 26 heavy (non-hydrogen) atoms. The van der Waals surface area contributed by atoms with Gasteiger partial charge in [0.2, 0.25) is 0 Å². The molecule has 0 saturated heterocycles. The van der Waals surface area contributed by atoms with Crippen LogP contribution in [0, 0.1) is 0 Å². The van der Waals surface area contributed by atoms with Crippen LogP contribution < -0.4 is 20.2 Å². The normalized spacial score (nSPS) is 11.2. The summed E-state index contributed by atoms with van der Waals surface area (Å²) in [5, 5.41) is 7.76. The van der Waals surface area contributed by atoms with Crippen LogP contribution >= 0.6 is 12.2 Å². The van der Waals surface area contributed by atoms with Crippen molar-refractivity contribution >= 4 is 23.5 Å². The van der Waals surface area contributed by atoms with Crippen LogP contribution in [0.4, 0.5) is 0 Å².